The number of nitrogen functional groups attached to an aromatic ring is 1. The number of fused-ring (bicyclic) bond motifs is 1. The summed E-state index contributed by atoms with van der Waals surface area (Å²) in [5, 5.41) is 0.387. The van der Waals surface area contributed by atoms with Gasteiger partial charge in [0.2, 0.25) is 0 Å². The number of nitrogens with zero attached hydrogens (tertiary/aromatic N) is 1. The van der Waals surface area contributed by atoms with E-state index in [1.165, 1.54) is 36.6 Å². The molecule has 0 fully saturated rings. The van der Waals surface area contributed by atoms with Gasteiger partial charge in [-0.2, -0.15) is 8.42 Å². The van der Waals surface area contributed by atoms with Gasteiger partial charge in [-0.05, 0) is 30.3 Å². The first kappa shape index (κ1) is 14.6. The Balaban J connectivity index is 1.96. The van der Waals surface area contributed by atoms with Gasteiger partial charge in [-0.1, -0.05) is 17.4 Å². The van der Waals surface area contributed by atoms with E-state index in [4.69, 9.17) is 14.7 Å². The lowest BCUT2D eigenvalue weighted by atomic mass is 10.3. The molecule has 0 bridgehead atoms. The van der Waals surface area contributed by atoms with Crippen molar-refractivity contribution in [2.45, 2.75) is 4.90 Å². The Morgan fingerprint density at radius 2 is 1.91 bits per heavy atom. The van der Waals surface area contributed by atoms with Gasteiger partial charge in [0.1, 0.15) is 16.4 Å². The monoisotopic (exact) mass is 336 g/mol. The van der Waals surface area contributed by atoms with Crippen molar-refractivity contribution < 1.29 is 17.3 Å². The largest absolute Gasteiger partial charge is 0.497 e. The van der Waals surface area contributed by atoms with Crippen LogP contribution in [0.3, 0.4) is 0 Å². The standard InChI is InChI=1S/C14H12N2O4S2/c1-19-9-3-2-4-10(7-9)20-22(17,18)11-5-6-12-13(8-11)21-14(15)16-12/h2-8H,1H3,(H2,15,16). The second-order valence-electron chi connectivity index (χ2n) is 4.40. The molecule has 3 aromatic rings. The number of rotatable bonds is 4. The van der Waals surface area contributed by atoms with Crippen molar-refractivity contribution in [3.63, 3.8) is 0 Å². The molecule has 1 aromatic heterocycles. The minimum atomic E-state index is -3.94. The van der Waals surface area contributed by atoms with E-state index in [0.717, 1.165) is 0 Å². The third kappa shape index (κ3) is 2.83. The molecule has 0 radical (unpaired) electrons. The molecule has 0 atom stereocenters. The van der Waals surface area contributed by atoms with E-state index >= 15 is 0 Å². The number of benzene rings is 2. The van der Waals surface area contributed by atoms with Crippen molar-refractivity contribution in [1.29, 1.82) is 0 Å². The average Bonchev–Trinajstić information content (AvgIpc) is 2.86. The number of methoxy groups -OCH3 is 1. The summed E-state index contributed by atoms with van der Waals surface area (Å²) in [6, 6.07) is 10.9. The molecule has 6 nitrogen and oxygen atoms in total. The van der Waals surface area contributed by atoms with Crippen molar-refractivity contribution in [2.24, 2.45) is 0 Å². The van der Waals surface area contributed by atoms with Gasteiger partial charge in [0, 0.05) is 6.07 Å². The quantitative estimate of drug-likeness (QED) is 0.737. The van der Waals surface area contributed by atoms with Crippen LogP contribution in [0.15, 0.2) is 47.4 Å². The molecule has 2 aromatic carbocycles. The molecule has 114 valence electrons. The Labute approximate surface area is 131 Å². The molecule has 0 saturated carbocycles. The Morgan fingerprint density at radius 1 is 1.14 bits per heavy atom. The van der Waals surface area contributed by atoms with Crippen LogP contribution in [0.25, 0.3) is 10.2 Å². The lowest BCUT2D eigenvalue weighted by molar-refractivity contribution is 0.411. The van der Waals surface area contributed by atoms with Crippen molar-refractivity contribution >= 4 is 36.8 Å². The predicted molar refractivity (Wildman–Crippen MR) is 84.8 cm³/mol. The number of aromatic nitrogens is 1. The van der Waals surface area contributed by atoms with Crippen molar-refractivity contribution in [3.8, 4) is 11.5 Å². The minimum absolute atomic E-state index is 0.0477. The lowest BCUT2D eigenvalue weighted by Gasteiger charge is -2.08. The second kappa shape index (κ2) is 5.47. The average molecular weight is 336 g/mol. The molecule has 0 aliphatic heterocycles. The molecule has 0 aliphatic rings. The highest BCUT2D eigenvalue weighted by atomic mass is 32.2. The number of thiazole rings is 1. The predicted octanol–water partition coefficient (Wildman–Crippen LogP) is 2.65. The second-order valence-corrected chi connectivity index (χ2v) is 7.01. The van der Waals surface area contributed by atoms with Crippen LogP contribution in [0.5, 0.6) is 11.5 Å². The van der Waals surface area contributed by atoms with Crippen molar-refractivity contribution in [1.82, 2.24) is 4.98 Å². The Bertz CT molecular complexity index is 935. The Hall–Kier alpha value is -2.32. The summed E-state index contributed by atoms with van der Waals surface area (Å²) in [6.45, 7) is 0. The fraction of sp³-hybridized carbons (Fsp3) is 0.0714. The molecule has 0 saturated heterocycles. The lowest BCUT2D eigenvalue weighted by Crippen LogP contribution is -2.09. The van der Waals surface area contributed by atoms with Crippen LogP contribution in [0.4, 0.5) is 5.13 Å². The number of nitrogens with two attached hydrogens (primary N) is 1. The molecule has 22 heavy (non-hydrogen) atoms. The molecular weight excluding hydrogens is 324 g/mol. The number of ether oxygens (including phenoxy) is 1. The molecule has 0 spiro atoms. The summed E-state index contributed by atoms with van der Waals surface area (Å²) in [4.78, 5) is 4.13. The summed E-state index contributed by atoms with van der Waals surface area (Å²) >= 11 is 1.22. The fourth-order valence-corrected chi connectivity index (χ4v) is 3.70. The first-order valence-corrected chi connectivity index (χ1v) is 8.45. The van der Waals surface area contributed by atoms with Gasteiger partial charge in [0.25, 0.3) is 0 Å². The van der Waals surface area contributed by atoms with Gasteiger partial charge in [0.05, 0.1) is 17.3 Å². The molecule has 0 unspecified atom stereocenters. The van der Waals surface area contributed by atoms with Crippen molar-refractivity contribution in [2.75, 3.05) is 12.8 Å². The van der Waals surface area contributed by atoms with Crippen LogP contribution in [0, 0.1) is 0 Å². The number of hydrogen-bond donors (Lipinski definition) is 1. The zero-order valence-corrected chi connectivity index (χ0v) is 13.1. The van der Waals surface area contributed by atoms with Gasteiger partial charge < -0.3 is 14.7 Å². The molecule has 0 aliphatic carbocycles. The highest BCUT2D eigenvalue weighted by molar-refractivity contribution is 7.87. The Morgan fingerprint density at radius 3 is 2.68 bits per heavy atom. The maximum absolute atomic E-state index is 12.3. The first-order valence-electron chi connectivity index (χ1n) is 6.22. The molecule has 0 amide bonds. The van der Waals surface area contributed by atoms with Crippen molar-refractivity contribution in [3.05, 3.63) is 42.5 Å². The molecule has 3 rings (SSSR count). The summed E-state index contributed by atoms with van der Waals surface area (Å²) in [6.07, 6.45) is 0. The van der Waals surface area contributed by atoms with E-state index in [9.17, 15) is 8.42 Å². The first-order chi connectivity index (χ1) is 10.5. The van der Waals surface area contributed by atoms with Gasteiger partial charge in [0.15, 0.2) is 5.13 Å². The van der Waals surface area contributed by atoms with E-state index in [0.29, 0.717) is 21.1 Å². The number of anilines is 1. The topological polar surface area (TPSA) is 91.5 Å². The Kier molecular flexibility index (Phi) is 3.63. The van der Waals surface area contributed by atoms with E-state index in [2.05, 4.69) is 4.98 Å². The summed E-state index contributed by atoms with van der Waals surface area (Å²) in [5.74, 6) is 0.696. The van der Waals surface area contributed by atoms with E-state index in [1.807, 2.05) is 0 Å². The highest BCUT2D eigenvalue weighted by Gasteiger charge is 2.18. The summed E-state index contributed by atoms with van der Waals surface area (Å²) in [7, 11) is -2.44. The smallest absolute Gasteiger partial charge is 0.339 e. The number of hydrogen-bond acceptors (Lipinski definition) is 7. The van der Waals surface area contributed by atoms with E-state index in [1.54, 1.807) is 24.3 Å². The van der Waals surface area contributed by atoms with Gasteiger partial charge >= 0.3 is 10.1 Å². The van der Waals surface area contributed by atoms with Crippen LogP contribution >= 0.6 is 11.3 Å². The zero-order valence-electron chi connectivity index (χ0n) is 11.5. The van der Waals surface area contributed by atoms with Crippen LogP contribution in [-0.4, -0.2) is 20.5 Å². The zero-order chi connectivity index (χ0) is 15.7. The minimum Gasteiger partial charge on any atom is -0.497 e. The molecule has 1 heterocycles. The molecule has 8 heteroatoms. The summed E-state index contributed by atoms with van der Waals surface area (Å²) in [5.41, 5.74) is 6.27. The van der Waals surface area contributed by atoms with Crippen LogP contribution in [0.2, 0.25) is 0 Å². The normalized spacial score (nSPS) is 11.5. The SMILES string of the molecule is COc1cccc(OS(=O)(=O)c2ccc3nc(N)sc3c2)c1. The summed E-state index contributed by atoms with van der Waals surface area (Å²) < 4.78 is 35.5. The van der Waals surface area contributed by atoms with Crippen LogP contribution in [-0.2, 0) is 10.1 Å². The molecule has 2 N–H and O–H groups in total. The maximum Gasteiger partial charge on any atom is 0.339 e. The fourth-order valence-electron chi connectivity index (χ4n) is 1.91. The third-order valence-electron chi connectivity index (χ3n) is 2.91. The van der Waals surface area contributed by atoms with E-state index < -0.39 is 10.1 Å². The van der Waals surface area contributed by atoms with Gasteiger partial charge in [-0.25, -0.2) is 4.98 Å². The van der Waals surface area contributed by atoms with Crippen LogP contribution in [0.1, 0.15) is 0 Å². The van der Waals surface area contributed by atoms with Gasteiger partial charge in [-0.15, -0.1) is 0 Å². The van der Waals surface area contributed by atoms with Crippen LogP contribution < -0.4 is 14.7 Å². The third-order valence-corrected chi connectivity index (χ3v) is 5.00. The highest BCUT2D eigenvalue weighted by Crippen LogP contribution is 2.28. The van der Waals surface area contributed by atoms with E-state index in [-0.39, 0.29) is 10.6 Å². The molecular formula is C14H12N2O4S2. The van der Waals surface area contributed by atoms with Gasteiger partial charge in [-0.3, -0.25) is 0 Å². The maximum atomic E-state index is 12.3.